The van der Waals surface area contributed by atoms with Crippen molar-refractivity contribution >= 4 is 12.1 Å². The van der Waals surface area contributed by atoms with Crippen molar-refractivity contribution in [2.24, 2.45) is 5.10 Å². The molecule has 0 fully saturated rings. The Labute approximate surface area is 153 Å². The van der Waals surface area contributed by atoms with E-state index in [2.05, 4.69) is 17.1 Å². The summed E-state index contributed by atoms with van der Waals surface area (Å²) >= 11 is 0. The van der Waals surface area contributed by atoms with E-state index in [0.717, 1.165) is 0 Å². The largest absolute Gasteiger partial charge is 0.497 e. The van der Waals surface area contributed by atoms with Crippen LogP contribution >= 0.6 is 0 Å². The maximum Gasteiger partial charge on any atom is 0.271 e. The van der Waals surface area contributed by atoms with E-state index < -0.39 is 0 Å². The predicted octanol–water partition coefficient (Wildman–Crippen LogP) is 3.42. The van der Waals surface area contributed by atoms with E-state index in [1.54, 1.807) is 55.7 Å². The molecule has 0 spiro atoms. The lowest BCUT2D eigenvalue weighted by Crippen LogP contribution is -2.17. The Hall–Kier alpha value is -3.28. The maximum atomic E-state index is 12.2. The van der Waals surface area contributed by atoms with Crippen LogP contribution in [-0.2, 0) is 0 Å². The second kappa shape index (κ2) is 9.88. The molecule has 0 aliphatic heterocycles. The van der Waals surface area contributed by atoms with Gasteiger partial charge >= 0.3 is 0 Å². The number of carbonyl (C=O) groups excluding carboxylic acids is 1. The molecule has 0 atom stereocenters. The number of ether oxygens (including phenoxy) is 3. The fourth-order valence-electron chi connectivity index (χ4n) is 2.12. The lowest BCUT2D eigenvalue weighted by molar-refractivity contribution is 0.0955. The van der Waals surface area contributed by atoms with Crippen molar-refractivity contribution in [2.45, 2.75) is 6.92 Å². The molecule has 136 valence electrons. The molecule has 0 unspecified atom stereocenters. The van der Waals surface area contributed by atoms with Gasteiger partial charge in [0.05, 0.1) is 19.9 Å². The Balaban J connectivity index is 2.03. The first-order chi connectivity index (χ1) is 12.7. The van der Waals surface area contributed by atoms with E-state index >= 15 is 0 Å². The topological polar surface area (TPSA) is 69.2 Å². The van der Waals surface area contributed by atoms with Gasteiger partial charge in [0.1, 0.15) is 23.9 Å². The van der Waals surface area contributed by atoms with E-state index in [1.165, 1.54) is 6.21 Å². The highest BCUT2D eigenvalue weighted by Gasteiger charge is 2.06. The normalized spacial score (nSPS) is 10.4. The van der Waals surface area contributed by atoms with Crippen LogP contribution in [0.15, 0.2) is 60.2 Å². The van der Waals surface area contributed by atoms with Crippen LogP contribution in [0.5, 0.6) is 17.2 Å². The average Bonchev–Trinajstić information content (AvgIpc) is 2.68. The fourth-order valence-corrected chi connectivity index (χ4v) is 2.12. The van der Waals surface area contributed by atoms with Crippen molar-refractivity contribution in [3.05, 3.63) is 66.2 Å². The molecule has 0 heterocycles. The van der Waals surface area contributed by atoms with Gasteiger partial charge in [0.15, 0.2) is 0 Å². The number of carbonyl (C=O) groups is 1. The highest BCUT2D eigenvalue weighted by molar-refractivity contribution is 5.95. The molecule has 0 saturated heterocycles. The fraction of sp³-hybridized carbons (Fsp3) is 0.200. The third kappa shape index (κ3) is 5.37. The molecule has 2 rings (SSSR count). The first-order valence-electron chi connectivity index (χ1n) is 8.16. The Bertz CT molecular complexity index is 770. The molecule has 2 aromatic rings. The summed E-state index contributed by atoms with van der Waals surface area (Å²) in [5, 5.41) is 4.00. The number of nitrogens with zero attached hydrogens (tertiary/aromatic N) is 1. The van der Waals surface area contributed by atoms with E-state index in [4.69, 9.17) is 14.2 Å². The monoisotopic (exact) mass is 354 g/mol. The second-order valence-electron chi connectivity index (χ2n) is 5.16. The molecule has 0 aliphatic rings. The summed E-state index contributed by atoms with van der Waals surface area (Å²) in [4.78, 5) is 12.2. The molecule has 0 radical (unpaired) electrons. The second-order valence-corrected chi connectivity index (χ2v) is 5.16. The lowest BCUT2D eigenvalue weighted by atomic mass is 10.2. The third-order valence-electron chi connectivity index (χ3n) is 3.37. The zero-order chi connectivity index (χ0) is 18.8. The van der Waals surface area contributed by atoms with Gasteiger partial charge in [-0.25, -0.2) is 5.43 Å². The zero-order valence-electron chi connectivity index (χ0n) is 14.9. The Morgan fingerprint density at radius 3 is 2.54 bits per heavy atom. The molecule has 26 heavy (non-hydrogen) atoms. The Morgan fingerprint density at radius 2 is 1.88 bits per heavy atom. The molecule has 6 heteroatoms. The average molecular weight is 354 g/mol. The minimum atomic E-state index is -0.322. The first kappa shape index (κ1) is 19.1. The van der Waals surface area contributed by atoms with Gasteiger partial charge in [-0.2, -0.15) is 5.10 Å². The van der Waals surface area contributed by atoms with Crippen LogP contribution in [0.25, 0.3) is 0 Å². The van der Waals surface area contributed by atoms with E-state index in [9.17, 15) is 4.79 Å². The van der Waals surface area contributed by atoms with Gasteiger partial charge in [-0.05, 0) is 49.4 Å². The third-order valence-corrected chi connectivity index (χ3v) is 3.37. The van der Waals surface area contributed by atoms with E-state index in [0.29, 0.717) is 41.6 Å². The highest BCUT2D eigenvalue weighted by Crippen LogP contribution is 2.22. The molecule has 1 amide bonds. The molecule has 6 nitrogen and oxygen atoms in total. The molecule has 0 saturated carbocycles. The SMILES string of the molecule is C=CCOc1ccc(C(=O)N/N=C\c2cc(OC)ccc2OCC)cc1. The van der Waals surface area contributed by atoms with E-state index in [-0.39, 0.29) is 5.91 Å². The molecular formula is C20H22N2O4. The molecule has 0 bridgehead atoms. The van der Waals surface area contributed by atoms with Gasteiger partial charge in [-0.1, -0.05) is 12.7 Å². The van der Waals surface area contributed by atoms with Gasteiger partial charge in [0.25, 0.3) is 5.91 Å². The Morgan fingerprint density at radius 1 is 1.15 bits per heavy atom. The maximum absolute atomic E-state index is 12.2. The molecule has 1 N–H and O–H groups in total. The van der Waals surface area contributed by atoms with Gasteiger partial charge in [-0.15, -0.1) is 0 Å². The van der Waals surface area contributed by atoms with Crippen LogP contribution < -0.4 is 19.6 Å². The van der Waals surface area contributed by atoms with Gasteiger partial charge in [0, 0.05) is 11.1 Å². The summed E-state index contributed by atoms with van der Waals surface area (Å²) < 4.78 is 16.1. The minimum Gasteiger partial charge on any atom is -0.497 e. The van der Waals surface area contributed by atoms with Crippen molar-refractivity contribution in [1.82, 2.24) is 5.43 Å². The van der Waals surface area contributed by atoms with Crippen molar-refractivity contribution in [2.75, 3.05) is 20.3 Å². The van der Waals surface area contributed by atoms with Crippen molar-refractivity contribution in [3.63, 3.8) is 0 Å². The van der Waals surface area contributed by atoms with Crippen molar-refractivity contribution in [3.8, 4) is 17.2 Å². The smallest absolute Gasteiger partial charge is 0.271 e. The molecular weight excluding hydrogens is 332 g/mol. The number of hydrogen-bond acceptors (Lipinski definition) is 5. The number of benzene rings is 2. The highest BCUT2D eigenvalue weighted by atomic mass is 16.5. The lowest BCUT2D eigenvalue weighted by Gasteiger charge is -2.08. The summed E-state index contributed by atoms with van der Waals surface area (Å²) in [7, 11) is 1.58. The number of methoxy groups -OCH3 is 1. The number of hydrogen-bond donors (Lipinski definition) is 1. The van der Waals surface area contributed by atoms with Crippen LogP contribution in [0.3, 0.4) is 0 Å². The summed E-state index contributed by atoms with van der Waals surface area (Å²) in [5.74, 6) is 1.69. The van der Waals surface area contributed by atoms with Crippen LogP contribution in [0.2, 0.25) is 0 Å². The summed E-state index contributed by atoms with van der Waals surface area (Å²) in [5.41, 5.74) is 3.68. The standard InChI is InChI=1S/C20H22N2O4/c1-4-12-26-17-8-6-15(7-9-17)20(23)22-21-14-16-13-18(24-3)10-11-19(16)25-5-2/h4,6-11,13-14H,1,5,12H2,2-3H3,(H,22,23)/b21-14-. The number of nitrogens with one attached hydrogen (secondary N) is 1. The molecule has 0 aromatic heterocycles. The molecule has 2 aromatic carbocycles. The molecule has 0 aliphatic carbocycles. The van der Waals surface area contributed by atoms with Crippen molar-refractivity contribution < 1.29 is 19.0 Å². The van der Waals surface area contributed by atoms with Crippen LogP contribution in [0.4, 0.5) is 0 Å². The summed E-state index contributed by atoms with van der Waals surface area (Å²) in [6.45, 7) is 6.43. The zero-order valence-corrected chi connectivity index (χ0v) is 14.9. The van der Waals surface area contributed by atoms with Crippen LogP contribution in [0, 0.1) is 0 Å². The Kier molecular flexibility index (Phi) is 7.24. The van der Waals surface area contributed by atoms with Gasteiger partial charge in [0.2, 0.25) is 0 Å². The van der Waals surface area contributed by atoms with Crippen molar-refractivity contribution in [1.29, 1.82) is 0 Å². The number of amides is 1. The summed E-state index contributed by atoms with van der Waals surface area (Å²) in [6.07, 6.45) is 3.18. The van der Waals surface area contributed by atoms with Gasteiger partial charge in [-0.3, -0.25) is 4.79 Å². The number of rotatable bonds is 9. The van der Waals surface area contributed by atoms with Crippen LogP contribution in [0.1, 0.15) is 22.8 Å². The van der Waals surface area contributed by atoms with Crippen LogP contribution in [-0.4, -0.2) is 32.4 Å². The first-order valence-corrected chi connectivity index (χ1v) is 8.16. The quantitative estimate of drug-likeness (QED) is 0.426. The number of hydrazone groups is 1. The summed E-state index contributed by atoms with van der Waals surface area (Å²) in [6, 6.07) is 12.2. The van der Waals surface area contributed by atoms with E-state index in [1.807, 2.05) is 6.92 Å². The van der Waals surface area contributed by atoms with Gasteiger partial charge < -0.3 is 14.2 Å². The minimum absolute atomic E-state index is 0.322. The predicted molar refractivity (Wildman–Crippen MR) is 101 cm³/mol.